The van der Waals surface area contributed by atoms with Crippen LogP contribution in [0.2, 0.25) is 9.36 Å². The van der Waals surface area contributed by atoms with Crippen LogP contribution in [0.5, 0.6) is 0 Å². The highest BCUT2D eigenvalue weighted by molar-refractivity contribution is 7.18. The lowest BCUT2D eigenvalue weighted by molar-refractivity contribution is 0.0927. The summed E-state index contributed by atoms with van der Waals surface area (Å²) in [6, 6.07) is 9.77. The molecule has 0 saturated carbocycles. The highest BCUT2D eigenvalue weighted by atomic mass is 35.5. The Labute approximate surface area is 170 Å². The zero-order chi connectivity index (χ0) is 19.6. The first kappa shape index (κ1) is 19.9. The minimum Gasteiger partial charge on any atom is -0.395 e. The molecule has 0 bridgehead atoms. The number of hydrogen-bond acceptors (Lipinski definition) is 5. The average molecular weight is 425 g/mol. The van der Waals surface area contributed by atoms with Gasteiger partial charge in [-0.3, -0.25) is 9.48 Å². The fourth-order valence-corrected chi connectivity index (χ4v) is 4.22. The molecular formula is C18H18Cl2N4O2S. The van der Waals surface area contributed by atoms with E-state index in [-0.39, 0.29) is 12.5 Å². The standard InChI is InChI=1S/C18H18Cl2N4O2S/c1-24-16(12(19)8-22-24)11-7-14(27-17(11)20)18(26)23-15(13(21)9-25)10-5-3-2-4-6-10/h2-8,13,15,25H,9,21H2,1H3,(H,23,26)/t13-,15+/m1/s1. The summed E-state index contributed by atoms with van der Waals surface area (Å²) < 4.78 is 2.04. The van der Waals surface area contributed by atoms with E-state index in [4.69, 9.17) is 28.9 Å². The summed E-state index contributed by atoms with van der Waals surface area (Å²) >= 11 is 13.7. The summed E-state index contributed by atoms with van der Waals surface area (Å²) in [4.78, 5) is 13.2. The number of amides is 1. The molecule has 27 heavy (non-hydrogen) atoms. The normalized spacial score (nSPS) is 13.4. The van der Waals surface area contributed by atoms with E-state index in [0.29, 0.717) is 25.5 Å². The predicted molar refractivity (Wildman–Crippen MR) is 108 cm³/mol. The predicted octanol–water partition coefficient (Wildman–Crippen LogP) is 3.25. The molecule has 6 nitrogen and oxygen atoms in total. The molecule has 0 aliphatic rings. The number of rotatable bonds is 6. The van der Waals surface area contributed by atoms with Crippen LogP contribution in [-0.4, -0.2) is 33.4 Å². The molecule has 2 aromatic heterocycles. The van der Waals surface area contributed by atoms with Gasteiger partial charge in [0.25, 0.3) is 5.91 Å². The molecule has 9 heteroatoms. The fraction of sp³-hybridized carbons (Fsp3) is 0.222. The molecule has 0 radical (unpaired) electrons. The van der Waals surface area contributed by atoms with E-state index in [1.165, 1.54) is 6.20 Å². The summed E-state index contributed by atoms with van der Waals surface area (Å²) in [6.07, 6.45) is 1.52. The van der Waals surface area contributed by atoms with Crippen molar-refractivity contribution in [1.82, 2.24) is 15.1 Å². The molecule has 4 N–H and O–H groups in total. The summed E-state index contributed by atoms with van der Waals surface area (Å²) in [6.45, 7) is -0.263. The van der Waals surface area contributed by atoms with Crippen molar-refractivity contribution >= 4 is 40.4 Å². The number of benzene rings is 1. The molecular weight excluding hydrogens is 407 g/mol. The Balaban J connectivity index is 1.88. The molecule has 0 aliphatic heterocycles. The second-order valence-electron chi connectivity index (χ2n) is 5.97. The number of aliphatic hydroxyl groups excluding tert-OH is 1. The number of nitrogens with one attached hydrogen (secondary N) is 1. The van der Waals surface area contributed by atoms with Crippen molar-refractivity contribution in [2.24, 2.45) is 12.8 Å². The maximum Gasteiger partial charge on any atom is 0.261 e. The molecule has 0 saturated heterocycles. The number of thiophene rings is 1. The first-order valence-corrected chi connectivity index (χ1v) is 9.69. The summed E-state index contributed by atoms with van der Waals surface area (Å²) in [5.41, 5.74) is 8.10. The van der Waals surface area contributed by atoms with Crippen LogP contribution in [0.1, 0.15) is 21.3 Å². The Morgan fingerprint density at radius 2 is 2.07 bits per heavy atom. The second kappa shape index (κ2) is 8.41. The number of aliphatic hydroxyl groups is 1. The fourth-order valence-electron chi connectivity index (χ4n) is 2.77. The third-order valence-corrected chi connectivity index (χ3v) is 5.78. The number of carbonyl (C=O) groups excluding carboxylic acids is 1. The second-order valence-corrected chi connectivity index (χ2v) is 8.03. The Hall–Kier alpha value is -1.90. The Morgan fingerprint density at radius 3 is 2.67 bits per heavy atom. The molecule has 0 unspecified atom stereocenters. The topological polar surface area (TPSA) is 93.2 Å². The summed E-state index contributed by atoms with van der Waals surface area (Å²) in [5, 5.41) is 16.9. The van der Waals surface area contributed by atoms with Crippen molar-refractivity contribution < 1.29 is 9.90 Å². The number of nitrogens with zero attached hydrogens (tertiary/aromatic N) is 2. The van der Waals surface area contributed by atoms with Crippen molar-refractivity contribution in [3.8, 4) is 11.3 Å². The Morgan fingerprint density at radius 1 is 1.37 bits per heavy atom. The first-order valence-electron chi connectivity index (χ1n) is 8.11. The average Bonchev–Trinajstić information content (AvgIpc) is 3.21. The SMILES string of the molecule is Cn1ncc(Cl)c1-c1cc(C(=O)N[C@@H](c2ccccc2)[C@H](N)CO)sc1Cl. The van der Waals surface area contributed by atoms with E-state index in [0.717, 1.165) is 16.9 Å². The minimum absolute atomic E-state index is 0.263. The molecule has 1 amide bonds. The first-order chi connectivity index (χ1) is 12.9. The van der Waals surface area contributed by atoms with Crippen LogP contribution in [0.4, 0.5) is 0 Å². The van der Waals surface area contributed by atoms with Gasteiger partial charge < -0.3 is 16.2 Å². The lowest BCUT2D eigenvalue weighted by Crippen LogP contribution is -2.42. The van der Waals surface area contributed by atoms with E-state index < -0.39 is 12.1 Å². The quantitative estimate of drug-likeness (QED) is 0.565. The Bertz CT molecular complexity index is 923. The summed E-state index contributed by atoms with van der Waals surface area (Å²) in [7, 11) is 1.75. The van der Waals surface area contributed by atoms with E-state index in [9.17, 15) is 9.90 Å². The minimum atomic E-state index is -0.641. The third kappa shape index (κ3) is 4.17. The summed E-state index contributed by atoms with van der Waals surface area (Å²) in [5.74, 6) is -0.329. The maximum absolute atomic E-state index is 12.8. The monoisotopic (exact) mass is 424 g/mol. The number of hydrogen-bond donors (Lipinski definition) is 3. The van der Waals surface area contributed by atoms with Gasteiger partial charge in [0.15, 0.2) is 0 Å². The van der Waals surface area contributed by atoms with Crippen LogP contribution in [-0.2, 0) is 7.05 Å². The van der Waals surface area contributed by atoms with Crippen molar-refractivity contribution in [3.63, 3.8) is 0 Å². The molecule has 1 aromatic carbocycles. The highest BCUT2D eigenvalue weighted by Crippen LogP contribution is 2.38. The lowest BCUT2D eigenvalue weighted by Gasteiger charge is -2.23. The van der Waals surface area contributed by atoms with Crippen LogP contribution in [0.3, 0.4) is 0 Å². The molecule has 0 fully saturated rings. The number of halogens is 2. The van der Waals surface area contributed by atoms with Crippen LogP contribution >= 0.6 is 34.5 Å². The molecule has 3 aromatic rings. The number of nitrogens with two attached hydrogens (primary N) is 1. The number of aryl methyl sites for hydroxylation is 1. The molecule has 3 rings (SSSR count). The van der Waals surface area contributed by atoms with Gasteiger partial charge in [-0.15, -0.1) is 11.3 Å². The van der Waals surface area contributed by atoms with E-state index in [1.807, 2.05) is 30.3 Å². The maximum atomic E-state index is 12.8. The molecule has 2 heterocycles. The van der Waals surface area contributed by atoms with Gasteiger partial charge in [0.05, 0.1) is 40.5 Å². The van der Waals surface area contributed by atoms with Gasteiger partial charge >= 0.3 is 0 Å². The van der Waals surface area contributed by atoms with Crippen LogP contribution in [0.15, 0.2) is 42.6 Å². The van der Waals surface area contributed by atoms with Gasteiger partial charge in [-0.25, -0.2) is 0 Å². The van der Waals surface area contributed by atoms with E-state index in [1.54, 1.807) is 17.8 Å². The molecule has 0 aliphatic carbocycles. The van der Waals surface area contributed by atoms with Crippen molar-refractivity contribution in [3.05, 3.63) is 62.4 Å². The van der Waals surface area contributed by atoms with Crippen LogP contribution in [0, 0.1) is 0 Å². The Kier molecular flexibility index (Phi) is 6.18. The van der Waals surface area contributed by atoms with Crippen LogP contribution < -0.4 is 11.1 Å². The molecule has 0 spiro atoms. The number of carbonyl (C=O) groups is 1. The van der Waals surface area contributed by atoms with Gasteiger partial charge in [-0.1, -0.05) is 53.5 Å². The van der Waals surface area contributed by atoms with Crippen molar-refractivity contribution in [1.29, 1.82) is 0 Å². The zero-order valence-corrected chi connectivity index (χ0v) is 16.7. The molecule has 142 valence electrons. The highest BCUT2D eigenvalue weighted by Gasteiger charge is 2.24. The largest absolute Gasteiger partial charge is 0.395 e. The van der Waals surface area contributed by atoms with Gasteiger partial charge in [0.2, 0.25) is 0 Å². The zero-order valence-electron chi connectivity index (χ0n) is 14.4. The van der Waals surface area contributed by atoms with Crippen molar-refractivity contribution in [2.45, 2.75) is 12.1 Å². The van der Waals surface area contributed by atoms with Crippen molar-refractivity contribution in [2.75, 3.05) is 6.61 Å². The van der Waals surface area contributed by atoms with Gasteiger partial charge in [-0.05, 0) is 11.6 Å². The smallest absolute Gasteiger partial charge is 0.261 e. The third-order valence-electron chi connectivity index (χ3n) is 4.14. The van der Waals surface area contributed by atoms with Gasteiger partial charge in [-0.2, -0.15) is 5.10 Å². The van der Waals surface area contributed by atoms with E-state index in [2.05, 4.69) is 10.4 Å². The van der Waals surface area contributed by atoms with Gasteiger partial charge in [0, 0.05) is 12.6 Å². The number of aromatic nitrogens is 2. The lowest BCUT2D eigenvalue weighted by atomic mass is 10.0. The molecule has 2 atom stereocenters. The van der Waals surface area contributed by atoms with Crippen LogP contribution in [0.25, 0.3) is 11.3 Å². The van der Waals surface area contributed by atoms with Gasteiger partial charge in [0.1, 0.15) is 4.34 Å². The van der Waals surface area contributed by atoms with E-state index >= 15 is 0 Å².